The minimum atomic E-state index is -0.533. The van der Waals surface area contributed by atoms with Crippen molar-refractivity contribution in [1.29, 1.82) is 0 Å². The summed E-state index contributed by atoms with van der Waals surface area (Å²) in [6.07, 6.45) is 3.75. The summed E-state index contributed by atoms with van der Waals surface area (Å²) >= 11 is 0. The molecule has 0 amide bonds. The Hall–Kier alpha value is -3.36. The number of ether oxygens (including phenoxy) is 2. The first kappa shape index (κ1) is 19.0. The van der Waals surface area contributed by atoms with Crippen LogP contribution in [0.3, 0.4) is 0 Å². The van der Waals surface area contributed by atoms with E-state index in [4.69, 9.17) is 13.9 Å². The molecule has 2 heterocycles. The third-order valence-corrected chi connectivity index (χ3v) is 4.97. The number of benzene rings is 1. The third-order valence-electron chi connectivity index (χ3n) is 4.97. The van der Waals surface area contributed by atoms with E-state index in [9.17, 15) is 9.90 Å². The molecule has 152 valence electrons. The van der Waals surface area contributed by atoms with Crippen molar-refractivity contribution in [2.24, 2.45) is 5.92 Å². The standard InChI is InChI=1S/C20H22N4O5/c1-11-22-23-19(29-11)16-18(25)21-15(10-9-12-7-8-12)24(20(16)26)17-13(27-2)5-4-6-14(17)28-3/h4-6,12,25H,7-10H2,1-3H3. The Kier molecular flexibility index (Phi) is 4.96. The number of methoxy groups -OCH3 is 2. The molecule has 1 aromatic carbocycles. The number of aromatic hydroxyl groups is 1. The van der Waals surface area contributed by atoms with E-state index < -0.39 is 11.4 Å². The molecule has 0 bridgehead atoms. The summed E-state index contributed by atoms with van der Waals surface area (Å²) in [4.78, 5) is 17.9. The number of nitrogens with zero attached hydrogens (tertiary/aromatic N) is 4. The van der Waals surface area contributed by atoms with Crippen molar-refractivity contribution >= 4 is 0 Å². The molecule has 0 atom stereocenters. The molecule has 9 heteroatoms. The van der Waals surface area contributed by atoms with E-state index in [0.29, 0.717) is 35.3 Å². The van der Waals surface area contributed by atoms with Gasteiger partial charge in [-0.05, 0) is 24.5 Å². The van der Waals surface area contributed by atoms with Gasteiger partial charge >= 0.3 is 0 Å². The van der Waals surface area contributed by atoms with E-state index in [0.717, 1.165) is 6.42 Å². The summed E-state index contributed by atoms with van der Waals surface area (Å²) < 4.78 is 17.8. The molecule has 9 nitrogen and oxygen atoms in total. The minimum Gasteiger partial charge on any atom is -0.494 e. The van der Waals surface area contributed by atoms with Crippen LogP contribution in [0.25, 0.3) is 17.1 Å². The van der Waals surface area contributed by atoms with Gasteiger partial charge in [0.25, 0.3) is 11.4 Å². The van der Waals surface area contributed by atoms with Crippen molar-refractivity contribution in [3.8, 4) is 34.5 Å². The lowest BCUT2D eigenvalue weighted by Crippen LogP contribution is -2.26. The molecule has 1 fully saturated rings. The van der Waals surface area contributed by atoms with E-state index in [1.54, 1.807) is 25.1 Å². The molecule has 29 heavy (non-hydrogen) atoms. The highest BCUT2D eigenvalue weighted by Crippen LogP contribution is 2.36. The zero-order chi connectivity index (χ0) is 20.5. The van der Waals surface area contributed by atoms with Gasteiger partial charge in [-0.2, -0.15) is 4.98 Å². The first-order chi connectivity index (χ1) is 14.0. The van der Waals surface area contributed by atoms with Crippen LogP contribution >= 0.6 is 0 Å². The monoisotopic (exact) mass is 398 g/mol. The van der Waals surface area contributed by atoms with Gasteiger partial charge in [0.05, 0.1) is 14.2 Å². The number of hydrogen-bond acceptors (Lipinski definition) is 8. The van der Waals surface area contributed by atoms with Crippen molar-refractivity contribution in [2.75, 3.05) is 14.2 Å². The number of hydrogen-bond donors (Lipinski definition) is 1. The Morgan fingerprint density at radius 3 is 2.45 bits per heavy atom. The van der Waals surface area contributed by atoms with E-state index in [1.165, 1.54) is 31.6 Å². The third kappa shape index (κ3) is 3.55. The maximum absolute atomic E-state index is 13.5. The summed E-state index contributed by atoms with van der Waals surface area (Å²) in [5, 5.41) is 18.2. The predicted molar refractivity (Wildman–Crippen MR) is 104 cm³/mol. The highest BCUT2D eigenvalue weighted by molar-refractivity contribution is 5.63. The smallest absolute Gasteiger partial charge is 0.275 e. The van der Waals surface area contributed by atoms with Crippen molar-refractivity contribution in [2.45, 2.75) is 32.6 Å². The lowest BCUT2D eigenvalue weighted by Gasteiger charge is -2.18. The molecular formula is C20H22N4O5. The Bertz CT molecular complexity index is 1080. The van der Waals surface area contributed by atoms with Gasteiger partial charge in [-0.15, -0.1) is 10.2 Å². The van der Waals surface area contributed by atoms with Gasteiger partial charge in [-0.25, -0.2) is 0 Å². The Balaban J connectivity index is 1.98. The second-order valence-electron chi connectivity index (χ2n) is 6.99. The van der Waals surface area contributed by atoms with Crippen LogP contribution in [-0.4, -0.2) is 39.1 Å². The van der Waals surface area contributed by atoms with Crippen LogP contribution in [0.2, 0.25) is 0 Å². The summed E-state index contributed by atoms with van der Waals surface area (Å²) in [5.74, 6) is 1.68. The van der Waals surface area contributed by atoms with Crippen LogP contribution in [0.4, 0.5) is 0 Å². The van der Waals surface area contributed by atoms with E-state index in [1.807, 2.05) is 0 Å². The average molecular weight is 398 g/mol. The number of aromatic nitrogens is 4. The van der Waals surface area contributed by atoms with Crippen LogP contribution < -0.4 is 15.0 Å². The van der Waals surface area contributed by atoms with Crippen LogP contribution in [0.15, 0.2) is 27.4 Å². The van der Waals surface area contributed by atoms with Gasteiger partial charge in [0.1, 0.15) is 23.0 Å². The molecule has 4 rings (SSSR count). The van der Waals surface area contributed by atoms with Crippen LogP contribution in [0.1, 0.15) is 31.0 Å². The zero-order valence-corrected chi connectivity index (χ0v) is 16.5. The fourth-order valence-electron chi connectivity index (χ4n) is 3.33. The van der Waals surface area contributed by atoms with Crippen molar-refractivity contribution in [1.82, 2.24) is 19.7 Å². The highest BCUT2D eigenvalue weighted by Gasteiger charge is 2.28. The van der Waals surface area contributed by atoms with Gasteiger partial charge in [0.2, 0.25) is 11.8 Å². The van der Waals surface area contributed by atoms with E-state index in [-0.39, 0.29) is 17.3 Å². The molecule has 0 spiro atoms. The number of para-hydroxylation sites is 1. The van der Waals surface area contributed by atoms with Crippen molar-refractivity contribution in [3.63, 3.8) is 0 Å². The second kappa shape index (κ2) is 7.57. The van der Waals surface area contributed by atoms with Crippen LogP contribution in [-0.2, 0) is 6.42 Å². The minimum absolute atomic E-state index is 0.0890. The first-order valence-electron chi connectivity index (χ1n) is 9.40. The van der Waals surface area contributed by atoms with Gasteiger partial charge in [-0.3, -0.25) is 9.36 Å². The van der Waals surface area contributed by atoms with Gasteiger partial charge in [0.15, 0.2) is 5.56 Å². The molecule has 1 aliphatic rings. The summed E-state index contributed by atoms with van der Waals surface area (Å²) in [5.41, 5.74) is -0.276. The van der Waals surface area contributed by atoms with Crippen molar-refractivity contribution < 1.29 is 19.0 Å². The number of rotatable bonds is 7. The first-order valence-corrected chi connectivity index (χ1v) is 9.40. The molecule has 0 unspecified atom stereocenters. The summed E-state index contributed by atoms with van der Waals surface area (Å²) in [6, 6.07) is 5.24. The average Bonchev–Trinajstić information content (AvgIpc) is 3.45. The second-order valence-corrected chi connectivity index (χ2v) is 6.99. The molecule has 0 radical (unpaired) electrons. The van der Waals surface area contributed by atoms with Crippen LogP contribution in [0.5, 0.6) is 17.4 Å². The molecule has 0 aliphatic heterocycles. The SMILES string of the molecule is COc1cccc(OC)c1-n1c(CCC2CC2)nc(O)c(-c2nnc(C)o2)c1=O. The maximum atomic E-state index is 13.5. The van der Waals surface area contributed by atoms with Crippen LogP contribution in [0, 0.1) is 12.8 Å². The topological polar surface area (TPSA) is 112 Å². The van der Waals surface area contributed by atoms with E-state index >= 15 is 0 Å². The molecule has 0 saturated heterocycles. The molecule has 3 aromatic rings. The Morgan fingerprint density at radius 1 is 1.21 bits per heavy atom. The lowest BCUT2D eigenvalue weighted by molar-refractivity contribution is 0.388. The normalized spacial score (nSPS) is 13.5. The molecule has 2 aromatic heterocycles. The highest BCUT2D eigenvalue weighted by atomic mass is 16.5. The Morgan fingerprint density at radius 2 is 1.90 bits per heavy atom. The molecule has 1 saturated carbocycles. The summed E-state index contributed by atoms with van der Waals surface area (Å²) in [7, 11) is 3.03. The summed E-state index contributed by atoms with van der Waals surface area (Å²) in [6.45, 7) is 1.60. The van der Waals surface area contributed by atoms with Gasteiger partial charge < -0.3 is 19.0 Å². The van der Waals surface area contributed by atoms with Crippen molar-refractivity contribution in [3.05, 3.63) is 40.3 Å². The van der Waals surface area contributed by atoms with E-state index in [2.05, 4.69) is 15.2 Å². The molecule has 1 N–H and O–H groups in total. The fourth-order valence-corrected chi connectivity index (χ4v) is 3.33. The lowest BCUT2D eigenvalue weighted by atomic mass is 10.1. The molecule has 1 aliphatic carbocycles. The van der Waals surface area contributed by atoms with Gasteiger partial charge in [-0.1, -0.05) is 18.9 Å². The fraction of sp³-hybridized carbons (Fsp3) is 0.400. The maximum Gasteiger partial charge on any atom is 0.275 e. The predicted octanol–water partition coefficient (Wildman–Crippen LogP) is 2.66. The largest absolute Gasteiger partial charge is 0.494 e. The molecular weight excluding hydrogens is 376 g/mol. The quantitative estimate of drug-likeness (QED) is 0.646. The zero-order valence-electron chi connectivity index (χ0n) is 16.5. The van der Waals surface area contributed by atoms with Gasteiger partial charge in [0, 0.05) is 13.3 Å². The Labute approximate surface area is 166 Å². The number of aryl methyl sites for hydroxylation is 2.